The SMILES string of the molecule is CCCOCOCn1c(=O)n(CCC[Si](OCC)(OCC)OCC)c(=O)n(COCOCCC)c1=O. The standard InChI is InChI=1S/C22H43N3O10Si/c1-6-13-29-18-31-16-24-20(26)23(12-11-15-36(33-8-3,34-9-4)35-10-5)21(27)25(22(24)28)17-32-19-30-14-7-2/h6-19H2,1-5H3. The summed E-state index contributed by atoms with van der Waals surface area (Å²) in [6, 6.07) is 0.399. The van der Waals surface area contributed by atoms with Gasteiger partial charge in [0.2, 0.25) is 0 Å². The van der Waals surface area contributed by atoms with E-state index < -0.39 is 25.9 Å². The number of ether oxygens (including phenoxy) is 4. The highest BCUT2D eigenvalue weighted by Gasteiger charge is 2.39. The van der Waals surface area contributed by atoms with Crippen molar-refractivity contribution in [1.82, 2.24) is 13.7 Å². The quantitative estimate of drug-likeness (QED) is 0.121. The Morgan fingerprint density at radius 1 is 0.611 bits per heavy atom. The fourth-order valence-electron chi connectivity index (χ4n) is 3.33. The van der Waals surface area contributed by atoms with Gasteiger partial charge < -0.3 is 32.2 Å². The second kappa shape index (κ2) is 18.6. The largest absolute Gasteiger partial charge is 0.500 e. The van der Waals surface area contributed by atoms with Crippen LogP contribution in [0.25, 0.3) is 0 Å². The first-order valence-corrected chi connectivity index (χ1v) is 14.5. The molecule has 13 nitrogen and oxygen atoms in total. The summed E-state index contributed by atoms with van der Waals surface area (Å²) in [5.74, 6) is 0. The number of rotatable bonds is 22. The first kappa shape index (κ1) is 32.4. The fraction of sp³-hybridized carbons (Fsp3) is 0.864. The molecule has 1 aromatic heterocycles. The lowest BCUT2D eigenvalue weighted by Gasteiger charge is -2.28. The maximum absolute atomic E-state index is 13.1. The Morgan fingerprint density at radius 3 is 1.42 bits per heavy atom. The van der Waals surface area contributed by atoms with Crippen molar-refractivity contribution < 1.29 is 32.2 Å². The predicted octanol–water partition coefficient (Wildman–Crippen LogP) is 1.33. The van der Waals surface area contributed by atoms with Crippen LogP contribution in [0.3, 0.4) is 0 Å². The number of hydrogen-bond donors (Lipinski definition) is 0. The molecule has 1 aromatic rings. The molecule has 0 amide bonds. The fourth-order valence-corrected chi connectivity index (χ4v) is 5.92. The maximum Gasteiger partial charge on any atom is 0.500 e. The molecule has 1 heterocycles. The average molecular weight is 538 g/mol. The number of nitrogens with zero attached hydrogens (tertiary/aromatic N) is 3. The Morgan fingerprint density at radius 2 is 1.03 bits per heavy atom. The highest BCUT2D eigenvalue weighted by molar-refractivity contribution is 6.60. The molecule has 0 aliphatic rings. The van der Waals surface area contributed by atoms with Gasteiger partial charge in [-0.1, -0.05) is 13.8 Å². The van der Waals surface area contributed by atoms with Crippen LogP contribution < -0.4 is 17.1 Å². The lowest BCUT2D eigenvalue weighted by molar-refractivity contribution is -0.0880. The van der Waals surface area contributed by atoms with Gasteiger partial charge in [0.25, 0.3) is 0 Å². The first-order chi connectivity index (χ1) is 17.4. The van der Waals surface area contributed by atoms with Crippen molar-refractivity contribution in [3.05, 3.63) is 31.5 Å². The molecule has 1 rings (SSSR count). The van der Waals surface area contributed by atoms with Crippen molar-refractivity contribution in [2.45, 2.75) is 79.9 Å². The molecule has 0 unspecified atom stereocenters. The van der Waals surface area contributed by atoms with Crippen LogP contribution in [0.4, 0.5) is 0 Å². The van der Waals surface area contributed by atoms with Crippen LogP contribution in [0.15, 0.2) is 14.4 Å². The summed E-state index contributed by atoms with van der Waals surface area (Å²) in [5, 5.41) is 0. The maximum atomic E-state index is 13.1. The van der Waals surface area contributed by atoms with Crippen molar-refractivity contribution in [1.29, 1.82) is 0 Å². The van der Waals surface area contributed by atoms with Gasteiger partial charge in [0.05, 0.1) is 0 Å². The molecular formula is C22H43N3O10Si. The average Bonchev–Trinajstić information content (AvgIpc) is 2.85. The molecule has 210 valence electrons. The van der Waals surface area contributed by atoms with Gasteiger partial charge in [-0.25, -0.2) is 28.1 Å². The Balaban J connectivity index is 3.16. The van der Waals surface area contributed by atoms with Gasteiger partial charge >= 0.3 is 25.9 Å². The molecule has 14 heteroatoms. The topological polar surface area (TPSA) is 131 Å². The monoisotopic (exact) mass is 537 g/mol. The highest BCUT2D eigenvalue weighted by atomic mass is 28.4. The molecular weight excluding hydrogens is 494 g/mol. The van der Waals surface area contributed by atoms with E-state index in [4.69, 9.17) is 32.2 Å². The summed E-state index contributed by atoms with van der Waals surface area (Å²) in [6.07, 6.45) is 1.96. The van der Waals surface area contributed by atoms with E-state index in [1.807, 2.05) is 34.6 Å². The van der Waals surface area contributed by atoms with E-state index in [9.17, 15) is 14.4 Å². The van der Waals surface area contributed by atoms with Gasteiger partial charge in [-0.15, -0.1) is 0 Å². The molecule has 0 aliphatic carbocycles. The molecule has 0 N–H and O–H groups in total. The molecule has 0 fully saturated rings. The molecule has 0 radical (unpaired) electrons. The number of aromatic nitrogens is 3. The minimum Gasteiger partial charge on any atom is -0.374 e. The molecule has 0 atom stereocenters. The zero-order valence-electron chi connectivity index (χ0n) is 22.3. The van der Waals surface area contributed by atoms with Gasteiger partial charge in [-0.2, -0.15) is 0 Å². The Bertz CT molecular complexity index is 832. The molecule has 0 bridgehead atoms. The predicted molar refractivity (Wildman–Crippen MR) is 134 cm³/mol. The van der Waals surface area contributed by atoms with Crippen LogP contribution in [0.5, 0.6) is 0 Å². The Hall–Kier alpha value is -1.65. The van der Waals surface area contributed by atoms with Crippen LogP contribution >= 0.6 is 0 Å². The second-order valence-corrected chi connectivity index (χ2v) is 10.4. The second-order valence-electron chi connectivity index (χ2n) is 7.66. The zero-order chi connectivity index (χ0) is 26.8. The lowest BCUT2D eigenvalue weighted by Crippen LogP contribution is -2.55. The van der Waals surface area contributed by atoms with E-state index >= 15 is 0 Å². The Kier molecular flexibility index (Phi) is 16.7. The van der Waals surface area contributed by atoms with Crippen LogP contribution in [0, 0.1) is 0 Å². The van der Waals surface area contributed by atoms with E-state index in [1.54, 1.807) is 0 Å². The molecule has 0 saturated carbocycles. The smallest absolute Gasteiger partial charge is 0.374 e. The summed E-state index contributed by atoms with van der Waals surface area (Å²) in [6.45, 7) is 10.8. The molecule has 0 aromatic carbocycles. The summed E-state index contributed by atoms with van der Waals surface area (Å²) in [4.78, 5) is 39.1. The van der Waals surface area contributed by atoms with Crippen molar-refractivity contribution >= 4 is 8.80 Å². The molecule has 0 saturated heterocycles. The number of hydrogen-bond acceptors (Lipinski definition) is 10. The van der Waals surface area contributed by atoms with Crippen LogP contribution in [0.2, 0.25) is 6.04 Å². The molecule has 36 heavy (non-hydrogen) atoms. The van der Waals surface area contributed by atoms with E-state index in [-0.39, 0.29) is 33.6 Å². The normalized spacial score (nSPS) is 11.9. The zero-order valence-corrected chi connectivity index (χ0v) is 23.3. The molecule has 0 spiro atoms. The lowest BCUT2D eigenvalue weighted by atomic mass is 10.5. The van der Waals surface area contributed by atoms with Crippen LogP contribution in [-0.2, 0) is 52.2 Å². The minimum atomic E-state index is -2.97. The van der Waals surface area contributed by atoms with Crippen LogP contribution in [-0.4, -0.2) is 69.1 Å². The third-order valence-electron chi connectivity index (χ3n) is 4.81. The Labute approximate surface area is 213 Å². The summed E-state index contributed by atoms with van der Waals surface area (Å²) in [7, 11) is -2.97. The van der Waals surface area contributed by atoms with Gasteiger partial charge in [0, 0.05) is 45.6 Å². The van der Waals surface area contributed by atoms with Gasteiger partial charge in [0.1, 0.15) is 27.0 Å². The van der Waals surface area contributed by atoms with E-state index in [0.717, 1.165) is 26.5 Å². The van der Waals surface area contributed by atoms with Crippen molar-refractivity contribution in [3.63, 3.8) is 0 Å². The van der Waals surface area contributed by atoms with Crippen LogP contribution in [0.1, 0.15) is 53.9 Å². The summed E-state index contributed by atoms with van der Waals surface area (Å²) in [5.41, 5.74) is -2.40. The van der Waals surface area contributed by atoms with Gasteiger partial charge in [0.15, 0.2) is 0 Å². The van der Waals surface area contributed by atoms with E-state index in [0.29, 0.717) is 45.5 Å². The van der Waals surface area contributed by atoms with E-state index in [1.165, 1.54) is 0 Å². The minimum absolute atomic E-state index is 0.0264. The summed E-state index contributed by atoms with van der Waals surface area (Å²) < 4.78 is 41.4. The van der Waals surface area contributed by atoms with Crippen molar-refractivity contribution in [2.75, 3.05) is 46.6 Å². The van der Waals surface area contributed by atoms with Gasteiger partial charge in [-0.3, -0.25) is 0 Å². The third-order valence-corrected chi connectivity index (χ3v) is 7.97. The van der Waals surface area contributed by atoms with Crippen molar-refractivity contribution in [3.8, 4) is 0 Å². The molecule has 0 aliphatic heterocycles. The summed E-state index contributed by atoms with van der Waals surface area (Å²) >= 11 is 0. The highest BCUT2D eigenvalue weighted by Crippen LogP contribution is 2.18. The van der Waals surface area contributed by atoms with E-state index in [2.05, 4.69) is 0 Å². The van der Waals surface area contributed by atoms with Gasteiger partial charge in [-0.05, 0) is 40.0 Å². The van der Waals surface area contributed by atoms with Crippen molar-refractivity contribution in [2.24, 2.45) is 0 Å². The first-order valence-electron chi connectivity index (χ1n) is 12.6. The third kappa shape index (κ3) is 10.4.